The number of hydrogen-bond donors (Lipinski definition) is 1. The summed E-state index contributed by atoms with van der Waals surface area (Å²) in [7, 11) is 0. The van der Waals surface area contributed by atoms with Gasteiger partial charge in [-0.1, -0.05) is 32.9 Å². The van der Waals surface area contributed by atoms with Gasteiger partial charge in [-0.25, -0.2) is 9.78 Å². The number of nitrogens with one attached hydrogen (secondary N) is 1. The van der Waals surface area contributed by atoms with Crippen molar-refractivity contribution in [3.8, 4) is 11.5 Å². The Bertz CT molecular complexity index is 996. The number of benzene rings is 2. The first kappa shape index (κ1) is 16.9. The molecular formula is C20H20N2O3. The number of fused-ring (bicyclic) bond motifs is 1. The molecule has 0 fully saturated rings. The molecule has 3 aromatic rings. The normalized spacial score (nSPS) is 11.5. The summed E-state index contributed by atoms with van der Waals surface area (Å²) in [5.74, 6) is 0.0810. The van der Waals surface area contributed by atoms with Crippen molar-refractivity contribution in [2.24, 2.45) is 0 Å². The van der Waals surface area contributed by atoms with Crippen molar-refractivity contribution in [2.75, 3.05) is 5.32 Å². The van der Waals surface area contributed by atoms with Crippen LogP contribution in [0.5, 0.6) is 0 Å². The molecule has 0 atom stereocenters. The molecule has 5 heteroatoms. The molecule has 1 heterocycles. The van der Waals surface area contributed by atoms with Gasteiger partial charge >= 0.3 is 5.63 Å². The van der Waals surface area contributed by atoms with Gasteiger partial charge in [0.15, 0.2) is 0 Å². The fourth-order valence-corrected chi connectivity index (χ4v) is 2.59. The molecule has 25 heavy (non-hydrogen) atoms. The predicted molar refractivity (Wildman–Crippen MR) is 98.7 cm³/mol. The van der Waals surface area contributed by atoms with Crippen LogP contribution >= 0.6 is 0 Å². The van der Waals surface area contributed by atoms with Crippen LogP contribution in [0.25, 0.3) is 22.4 Å². The molecule has 0 bridgehead atoms. The van der Waals surface area contributed by atoms with Crippen molar-refractivity contribution in [2.45, 2.75) is 33.1 Å². The zero-order valence-corrected chi connectivity index (χ0v) is 14.7. The third-order valence-electron chi connectivity index (χ3n) is 3.95. The van der Waals surface area contributed by atoms with Crippen LogP contribution in [0.15, 0.2) is 51.7 Å². The average molecular weight is 336 g/mol. The molecule has 1 aromatic heterocycles. The Hall–Kier alpha value is -2.95. The van der Waals surface area contributed by atoms with Crippen LogP contribution in [-0.2, 0) is 10.2 Å². The maximum absolute atomic E-state index is 12.3. The van der Waals surface area contributed by atoms with Gasteiger partial charge in [-0.3, -0.25) is 4.79 Å². The molecule has 0 saturated carbocycles. The van der Waals surface area contributed by atoms with Gasteiger partial charge < -0.3 is 9.73 Å². The smallest absolute Gasteiger partial charge is 0.347 e. The van der Waals surface area contributed by atoms with Gasteiger partial charge in [0.25, 0.3) is 0 Å². The lowest BCUT2D eigenvalue weighted by atomic mass is 9.87. The quantitative estimate of drug-likeness (QED) is 0.764. The van der Waals surface area contributed by atoms with E-state index in [4.69, 9.17) is 4.42 Å². The number of carbonyl (C=O) groups is 1. The molecule has 2 aromatic carbocycles. The summed E-state index contributed by atoms with van der Waals surface area (Å²) >= 11 is 0. The summed E-state index contributed by atoms with van der Waals surface area (Å²) in [5, 5.41) is 2.98. The summed E-state index contributed by atoms with van der Waals surface area (Å²) < 4.78 is 5.38. The number of hydrogen-bond acceptors (Lipinski definition) is 4. The van der Waals surface area contributed by atoms with E-state index in [0.29, 0.717) is 16.6 Å². The first-order valence-corrected chi connectivity index (χ1v) is 8.07. The molecule has 1 amide bonds. The summed E-state index contributed by atoms with van der Waals surface area (Å²) in [6, 6.07) is 12.8. The van der Waals surface area contributed by atoms with E-state index in [9.17, 15) is 9.59 Å². The highest BCUT2D eigenvalue weighted by molar-refractivity contribution is 5.92. The van der Waals surface area contributed by atoms with Crippen molar-refractivity contribution in [3.63, 3.8) is 0 Å². The van der Waals surface area contributed by atoms with E-state index in [1.807, 2.05) is 24.3 Å². The molecule has 128 valence electrons. The molecule has 5 nitrogen and oxygen atoms in total. The maximum atomic E-state index is 12.3. The van der Waals surface area contributed by atoms with Gasteiger partial charge in [0, 0.05) is 18.2 Å². The van der Waals surface area contributed by atoms with Crippen LogP contribution in [0.4, 0.5) is 5.69 Å². The van der Waals surface area contributed by atoms with E-state index < -0.39 is 5.63 Å². The van der Waals surface area contributed by atoms with Crippen molar-refractivity contribution in [1.82, 2.24) is 4.98 Å². The van der Waals surface area contributed by atoms with Gasteiger partial charge in [-0.2, -0.15) is 0 Å². The minimum atomic E-state index is -0.480. The average Bonchev–Trinajstić information content (AvgIpc) is 2.54. The zero-order valence-electron chi connectivity index (χ0n) is 14.7. The van der Waals surface area contributed by atoms with Crippen LogP contribution < -0.4 is 10.9 Å². The van der Waals surface area contributed by atoms with Gasteiger partial charge in [-0.05, 0) is 41.3 Å². The van der Waals surface area contributed by atoms with Crippen LogP contribution in [0.2, 0.25) is 0 Å². The standard InChI is InChI=1S/C20H20N2O3/c1-12(23)21-15-9-10-17-16(11-15)19(24)25-18(22-17)13-5-7-14(8-6-13)20(2,3)4/h5-11H,1-4H3,(H,21,23). The first-order valence-electron chi connectivity index (χ1n) is 8.07. The molecule has 1 N–H and O–H groups in total. The molecule has 3 rings (SSSR count). The molecule has 0 spiro atoms. The molecule has 0 aliphatic heterocycles. The lowest BCUT2D eigenvalue weighted by Crippen LogP contribution is -2.10. The highest BCUT2D eigenvalue weighted by Crippen LogP contribution is 2.26. The Morgan fingerprint density at radius 1 is 1.08 bits per heavy atom. The SMILES string of the molecule is CC(=O)Nc1ccc2nc(-c3ccc(C(C)(C)C)cc3)oc(=O)c2c1. The lowest BCUT2D eigenvalue weighted by Gasteiger charge is -2.18. The largest absolute Gasteiger partial charge is 0.403 e. The number of amides is 1. The van der Waals surface area contributed by atoms with E-state index in [2.05, 4.69) is 31.1 Å². The summed E-state index contributed by atoms with van der Waals surface area (Å²) in [6.07, 6.45) is 0. The zero-order chi connectivity index (χ0) is 18.2. The highest BCUT2D eigenvalue weighted by atomic mass is 16.4. The predicted octanol–water partition coefficient (Wildman–Crippen LogP) is 4.11. The van der Waals surface area contributed by atoms with Gasteiger partial charge in [0.05, 0.1) is 10.9 Å². The second-order valence-electron chi connectivity index (χ2n) is 7.05. The van der Waals surface area contributed by atoms with Gasteiger partial charge in [0.1, 0.15) is 0 Å². The monoisotopic (exact) mass is 336 g/mol. The summed E-state index contributed by atoms with van der Waals surface area (Å²) in [6.45, 7) is 7.84. The Morgan fingerprint density at radius 2 is 1.76 bits per heavy atom. The molecule has 0 aliphatic rings. The van der Waals surface area contributed by atoms with Gasteiger partial charge in [0.2, 0.25) is 11.8 Å². The molecule has 0 saturated heterocycles. The van der Waals surface area contributed by atoms with Crippen LogP contribution in [0.1, 0.15) is 33.3 Å². The van der Waals surface area contributed by atoms with Crippen molar-refractivity contribution < 1.29 is 9.21 Å². The molecule has 0 aliphatic carbocycles. The van der Waals surface area contributed by atoms with E-state index in [-0.39, 0.29) is 17.2 Å². The van der Waals surface area contributed by atoms with Crippen molar-refractivity contribution >= 4 is 22.5 Å². The maximum Gasteiger partial charge on any atom is 0.347 e. The topological polar surface area (TPSA) is 72.2 Å². The van der Waals surface area contributed by atoms with Crippen LogP contribution in [0.3, 0.4) is 0 Å². The Labute approximate surface area is 145 Å². The van der Waals surface area contributed by atoms with E-state index in [1.165, 1.54) is 12.5 Å². The Kier molecular flexibility index (Phi) is 4.17. The number of nitrogens with zero attached hydrogens (tertiary/aromatic N) is 1. The van der Waals surface area contributed by atoms with E-state index in [1.54, 1.807) is 18.2 Å². The minimum Gasteiger partial charge on any atom is -0.403 e. The number of anilines is 1. The van der Waals surface area contributed by atoms with Crippen molar-refractivity contribution in [1.29, 1.82) is 0 Å². The second kappa shape index (κ2) is 6.16. The third kappa shape index (κ3) is 3.60. The highest BCUT2D eigenvalue weighted by Gasteiger charge is 2.14. The Balaban J connectivity index is 2.03. The number of rotatable bonds is 2. The van der Waals surface area contributed by atoms with Crippen LogP contribution in [-0.4, -0.2) is 10.9 Å². The number of carbonyl (C=O) groups excluding carboxylic acids is 1. The molecule has 0 unspecified atom stereocenters. The van der Waals surface area contributed by atoms with E-state index >= 15 is 0 Å². The van der Waals surface area contributed by atoms with Gasteiger partial charge in [-0.15, -0.1) is 0 Å². The van der Waals surface area contributed by atoms with E-state index in [0.717, 1.165) is 5.56 Å². The summed E-state index contributed by atoms with van der Waals surface area (Å²) in [4.78, 5) is 27.9. The Morgan fingerprint density at radius 3 is 2.36 bits per heavy atom. The number of aromatic nitrogens is 1. The lowest BCUT2D eigenvalue weighted by molar-refractivity contribution is -0.114. The van der Waals surface area contributed by atoms with Crippen LogP contribution in [0, 0.1) is 0 Å². The second-order valence-corrected chi connectivity index (χ2v) is 7.05. The molecular weight excluding hydrogens is 316 g/mol. The fraction of sp³-hybridized carbons (Fsp3) is 0.250. The molecule has 0 radical (unpaired) electrons. The third-order valence-corrected chi connectivity index (χ3v) is 3.95. The minimum absolute atomic E-state index is 0.0519. The fourth-order valence-electron chi connectivity index (χ4n) is 2.59. The van der Waals surface area contributed by atoms with Crippen molar-refractivity contribution in [3.05, 3.63) is 58.4 Å². The summed E-state index contributed by atoms with van der Waals surface area (Å²) in [5.41, 5.74) is 2.58. The first-order chi connectivity index (χ1) is 11.7.